The molecule has 1 unspecified atom stereocenters. The maximum atomic E-state index is 6.53. The molecule has 0 fully saturated rings. The number of nitrogens with one attached hydrogen (secondary N) is 1. The molecule has 0 radical (unpaired) electrons. The molecule has 0 spiro atoms. The van der Waals surface area contributed by atoms with Gasteiger partial charge in [0.2, 0.25) is 0 Å². The van der Waals surface area contributed by atoms with Gasteiger partial charge in [-0.3, -0.25) is 4.68 Å². The van der Waals surface area contributed by atoms with Crippen LogP contribution in [0.15, 0.2) is 0 Å². The second kappa shape index (κ2) is 9.75. The summed E-state index contributed by atoms with van der Waals surface area (Å²) in [6.45, 7) is 12.9. The van der Waals surface area contributed by atoms with Crippen molar-refractivity contribution in [1.82, 2.24) is 15.1 Å². The summed E-state index contributed by atoms with van der Waals surface area (Å²) in [5, 5.41) is 9.82. The number of halogens is 1. The van der Waals surface area contributed by atoms with Gasteiger partial charge < -0.3 is 5.32 Å². The molecule has 3 nitrogen and oxygen atoms in total. The first-order valence-electron chi connectivity index (χ1n) is 8.12. The number of aryl methyl sites for hydroxylation is 2. The van der Waals surface area contributed by atoms with E-state index in [-0.39, 0.29) is 0 Å². The molecule has 1 N–H and O–H groups in total. The third kappa shape index (κ3) is 5.84. The lowest BCUT2D eigenvalue weighted by molar-refractivity contribution is 0.519. The van der Waals surface area contributed by atoms with Crippen molar-refractivity contribution in [3.8, 4) is 0 Å². The van der Waals surface area contributed by atoms with E-state index in [4.69, 9.17) is 11.6 Å². The molecule has 0 aliphatic heterocycles. The average molecular weight is 332 g/mol. The summed E-state index contributed by atoms with van der Waals surface area (Å²) in [4.78, 5) is 0. The third-order valence-corrected chi connectivity index (χ3v) is 5.15. The van der Waals surface area contributed by atoms with Crippen molar-refractivity contribution in [2.75, 3.05) is 12.3 Å². The first-order chi connectivity index (χ1) is 10.0. The maximum Gasteiger partial charge on any atom is 0.0850 e. The summed E-state index contributed by atoms with van der Waals surface area (Å²) in [7, 11) is 0. The summed E-state index contributed by atoms with van der Waals surface area (Å²) in [5.41, 5.74) is 2.22. The van der Waals surface area contributed by atoms with Crippen molar-refractivity contribution >= 4 is 23.4 Å². The zero-order chi connectivity index (χ0) is 15.8. The molecular weight excluding hydrogens is 302 g/mol. The molecule has 0 amide bonds. The highest BCUT2D eigenvalue weighted by atomic mass is 35.5. The predicted molar refractivity (Wildman–Crippen MR) is 95.7 cm³/mol. The van der Waals surface area contributed by atoms with E-state index in [1.54, 1.807) is 0 Å². The van der Waals surface area contributed by atoms with Crippen LogP contribution in [-0.4, -0.2) is 33.4 Å². The average Bonchev–Trinajstić information content (AvgIpc) is 2.77. The van der Waals surface area contributed by atoms with E-state index in [1.807, 2.05) is 11.8 Å². The molecule has 0 aromatic carbocycles. The Morgan fingerprint density at radius 3 is 2.52 bits per heavy atom. The monoisotopic (exact) mass is 331 g/mol. The molecule has 1 aromatic heterocycles. The molecule has 0 saturated heterocycles. The van der Waals surface area contributed by atoms with Crippen LogP contribution in [0.5, 0.6) is 0 Å². The fourth-order valence-corrected chi connectivity index (χ4v) is 3.49. The fourth-order valence-electron chi connectivity index (χ4n) is 2.29. The van der Waals surface area contributed by atoms with Crippen molar-refractivity contribution < 1.29 is 0 Å². The molecule has 21 heavy (non-hydrogen) atoms. The van der Waals surface area contributed by atoms with Crippen LogP contribution in [0, 0.1) is 0 Å². The van der Waals surface area contributed by atoms with Gasteiger partial charge in [-0.1, -0.05) is 39.3 Å². The van der Waals surface area contributed by atoms with Crippen LogP contribution in [0.1, 0.15) is 52.4 Å². The molecule has 0 aliphatic carbocycles. The summed E-state index contributed by atoms with van der Waals surface area (Å²) < 4.78 is 2.07. The Morgan fingerprint density at radius 2 is 2.00 bits per heavy atom. The van der Waals surface area contributed by atoms with Crippen molar-refractivity contribution in [2.45, 2.75) is 71.7 Å². The van der Waals surface area contributed by atoms with Gasteiger partial charge in [0.1, 0.15) is 0 Å². The lowest BCUT2D eigenvalue weighted by Crippen LogP contribution is -2.35. The minimum Gasteiger partial charge on any atom is -0.313 e. The van der Waals surface area contributed by atoms with Crippen LogP contribution in [-0.2, 0) is 19.4 Å². The molecule has 1 atom stereocenters. The third-order valence-electron chi connectivity index (χ3n) is 3.45. The molecule has 122 valence electrons. The summed E-state index contributed by atoms with van der Waals surface area (Å²) in [6.07, 6.45) is 3.01. The van der Waals surface area contributed by atoms with Gasteiger partial charge in [-0.2, -0.15) is 16.9 Å². The van der Waals surface area contributed by atoms with Crippen molar-refractivity contribution in [3.63, 3.8) is 0 Å². The topological polar surface area (TPSA) is 29.9 Å². The number of nitrogens with zero attached hydrogens (tertiary/aromatic N) is 2. The molecule has 5 heteroatoms. The van der Waals surface area contributed by atoms with Gasteiger partial charge in [-0.25, -0.2) is 0 Å². The predicted octanol–water partition coefficient (Wildman–Crippen LogP) is 4.17. The van der Waals surface area contributed by atoms with Gasteiger partial charge >= 0.3 is 0 Å². The molecule has 0 saturated carbocycles. The molecule has 0 bridgehead atoms. The van der Waals surface area contributed by atoms with Gasteiger partial charge in [0.15, 0.2) is 0 Å². The molecule has 1 rings (SSSR count). The van der Waals surface area contributed by atoms with Gasteiger partial charge in [-0.15, -0.1) is 0 Å². The van der Waals surface area contributed by atoms with Gasteiger partial charge in [-0.05, 0) is 31.6 Å². The summed E-state index contributed by atoms with van der Waals surface area (Å²) >= 11 is 8.54. The van der Waals surface area contributed by atoms with E-state index in [1.165, 1.54) is 5.69 Å². The Morgan fingerprint density at radius 1 is 1.29 bits per heavy atom. The van der Waals surface area contributed by atoms with Gasteiger partial charge in [0, 0.05) is 24.8 Å². The maximum absolute atomic E-state index is 6.53. The Labute approximate surface area is 139 Å². The Kier molecular flexibility index (Phi) is 8.76. The van der Waals surface area contributed by atoms with Crippen LogP contribution < -0.4 is 5.32 Å². The van der Waals surface area contributed by atoms with E-state index >= 15 is 0 Å². The second-order valence-electron chi connectivity index (χ2n) is 5.61. The van der Waals surface area contributed by atoms with Crippen molar-refractivity contribution in [1.29, 1.82) is 0 Å². The van der Waals surface area contributed by atoms with Crippen LogP contribution in [0.2, 0.25) is 5.02 Å². The first-order valence-corrected chi connectivity index (χ1v) is 9.55. The number of rotatable bonds is 10. The van der Waals surface area contributed by atoms with Gasteiger partial charge in [0.25, 0.3) is 0 Å². The minimum absolute atomic E-state index is 0.460. The largest absolute Gasteiger partial charge is 0.313 e. The van der Waals surface area contributed by atoms with E-state index in [0.29, 0.717) is 11.3 Å². The van der Waals surface area contributed by atoms with E-state index in [2.05, 4.69) is 49.7 Å². The van der Waals surface area contributed by atoms with Gasteiger partial charge in [0.05, 0.1) is 16.4 Å². The highest BCUT2D eigenvalue weighted by Gasteiger charge is 2.19. The van der Waals surface area contributed by atoms with Crippen molar-refractivity contribution in [3.05, 3.63) is 16.4 Å². The van der Waals surface area contributed by atoms with E-state index < -0.39 is 0 Å². The van der Waals surface area contributed by atoms with Crippen molar-refractivity contribution in [2.24, 2.45) is 0 Å². The van der Waals surface area contributed by atoms with Crippen LogP contribution >= 0.6 is 23.4 Å². The smallest absolute Gasteiger partial charge is 0.0850 e. The van der Waals surface area contributed by atoms with Crippen LogP contribution in [0.3, 0.4) is 0 Å². The highest BCUT2D eigenvalue weighted by Crippen LogP contribution is 2.24. The minimum atomic E-state index is 0.460. The standard InChI is InChI=1S/C16H30ClN3S/c1-6-9-18-13(11-21-12(4)5)10-15-16(17)14(7-2)19-20(15)8-3/h12-13,18H,6-11H2,1-5H3. The zero-order valence-corrected chi connectivity index (χ0v) is 15.7. The number of thioether (sulfide) groups is 1. The van der Waals surface area contributed by atoms with Crippen LogP contribution in [0.25, 0.3) is 0 Å². The lowest BCUT2D eigenvalue weighted by Gasteiger charge is -2.20. The number of hydrogen-bond donors (Lipinski definition) is 1. The SMILES string of the molecule is CCCNC(CSC(C)C)Cc1c(Cl)c(CC)nn1CC. The number of aromatic nitrogens is 2. The second-order valence-corrected chi connectivity index (χ2v) is 7.60. The Hall–Kier alpha value is -0.190. The quantitative estimate of drug-likeness (QED) is 0.697. The normalized spacial score (nSPS) is 13.1. The lowest BCUT2D eigenvalue weighted by atomic mass is 10.1. The first kappa shape index (κ1) is 18.9. The summed E-state index contributed by atoms with van der Waals surface area (Å²) in [5.74, 6) is 1.12. The van der Waals surface area contributed by atoms with E-state index in [9.17, 15) is 0 Å². The highest BCUT2D eigenvalue weighted by molar-refractivity contribution is 7.99. The zero-order valence-electron chi connectivity index (χ0n) is 14.1. The Bertz CT molecular complexity index is 418. The fraction of sp³-hybridized carbons (Fsp3) is 0.812. The molecule has 1 aromatic rings. The molecule has 1 heterocycles. The number of hydrogen-bond acceptors (Lipinski definition) is 3. The Balaban J connectivity index is 2.83. The molecule has 0 aliphatic rings. The molecular formula is C16H30ClN3S. The summed E-state index contributed by atoms with van der Waals surface area (Å²) in [6, 6.07) is 0.460. The van der Waals surface area contributed by atoms with E-state index in [0.717, 1.165) is 48.8 Å². The van der Waals surface area contributed by atoms with Crippen LogP contribution in [0.4, 0.5) is 0 Å².